The first-order chi connectivity index (χ1) is 9.65. The van der Waals surface area contributed by atoms with Gasteiger partial charge in [-0.3, -0.25) is 4.79 Å². The minimum absolute atomic E-state index is 0.0328. The molecule has 0 heterocycles. The number of hydrogen-bond acceptors (Lipinski definition) is 3. The topological polar surface area (TPSA) is 53.3 Å². The van der Waals surface area contributed by atoms with Crippen LogP contribution >= 0.6 is 0 Å². The summed E-state index contributed by atoms with van der Waals surface area (Å²) >= 11 is 0. The Balaban J connectivity index is 2.92. The zero-order valence-electron chi connectivity index (χ0n) is 13.2. The van der Waals surface area contributed by atoms with E-state index >= 15 is 0 Å². The van der Waals surface area contributed by atoms with Crippen molar-refractivity contribution in [3.63, 3.8) is 0 Å². The van der Waals surface area contributed by atoms with Crippen LogP contribution in [0.5, 0.6) is 0 Å². The SMILES string of the molecule is CCC(CC)N(CCOC)C(=O)C1(C#N)CCCCC1. The second-order valence-electron chi connectivity index (χ2n) is 5.72. The van der Waals surface area contributed by atoms with Gasteiger partial charge in [-0.1, -0.05) is 33.1 Å². The maximum atomic E-state index is 13.0. The molecule has 1 aliphatic rings. The van der Waals surface area contributed by atoms with Gasteiger partial charge >= 0.3 is 0 Å². The van der Waals surface area contributed by atoms with Gasteiger partial charge in [-0.2, -0.15) is 5.26 Å². The maximum Gasteiger partial charge on any atom is 0.243 e. The summed E-state index contributed by atoms with van der Waals surface area (Å²) in [6, 6.07) is 2.56. The highest BCUT2D eigenvalue weighted by atomic mass is 16.5. The molecule has 0 aromatic heterocycles. The number of carbonyl (C=O) groups excluding carboxylic acids is 1. The number of nitriles is 1. The molecule has 0 atom stereocenters. The molecule has 1 aliphatic carbocycles. The lowest BCUT2D eigenvalue weighted by molar-refractivity contribution is -0.144. The van der Waals surface area contributed by atoms with Crippen LogP contribution in [0.1, 0.15) is 58.8 Å². The van der Waals surface area contributed by atoms with Crippen molar-refractivity contribution in [2.24, 2.45) is 5.41 Å². The second-order valence-corrected chi connectivity index (χ2v) is 5.72. The minimum atomic E-state index is -0.783. The second kappa shape index (κ2) is 8.26. The summed E-state index contributed by atoms with van der Waals surface area (Å²) in [7, 11) is 1.65. The van der Waals surface area contributed by atoms with Crippen molar-refractivity contribution in [1.82, 2.24) is 4.90 Å². The molecule has 0 saturated heterocycles. The highest BCUT2D eigenvalue weighted by molar-refractivity contribution is 5.86. The molecule has 0 unspecified atom stereocenters. The molecule has 1 saturated carbocycles. The Morgan fingerprint density at radius 2 is 1.90 bits per heavy atom. The molecule has 0 aliphatic heterocycles. The van der Waals surface area contributed by atoms with Crippen LogP contribution in [0, 0.1) is 16.7 Å². The minimum Gasteiger partial charge on any atom is -0.383 e. The summed E-state index contributed by atoms with van der Waals surface area (Å²) in [5, 5.41) is 9.58. The molecule has 114 valence electrons. The van der Waals surface area contributed by atoms with Crippen LogP contribution in [0.15, 0.2) is 0 Å². The van der Waals surface area contributed by atoms with Crippen LogP contribution < -0.4 is 0 Å². The number of nitrogens with zero attached hydrogens (tertiary/aromatic N) is 2. The molecule has 0 spiro atoms. The van der Waals surface area contributed by atoms with Gasteiger partial charge < -0.3 is 9.64 Å². The van der Waals surface area contributed by atoms with Crippen molar-refractivity contribution >= 4 is 5.91 Å². The van der Waals surface area contributed by atoms with E-state index in [9.17, 15) is 10.1 Å². The largest absolute Gasteiger partial charge is 0.383 e. The normalized spacial score (nSPS) is 17.8. The molecule has 0 bridgehead atoms. The number of amides is 1. The third kappa shape index (κ3) is 3.73. The van der Waals surface area contributed by atoms with Gasteiger partial charge in [0.1, 0.15) is 5.41 Å². The first kappa shape index (κ1) is 17.0. The molecular formula is C16H28N2O2. The Bertz CT molecular complexity index is 339. The van der Waals surface area contributed by atoms with E-state index in [1.165, 1.54) is 0 Å². The van der Waals surface area contributed by atoms with E-state index in [1.807, 2.05) is 4.90 Å². The van der Waals surface area contributed by atoms with Gasteiger partial charge in [-0.15, -0.1) is 0 Å². The fourth-order valence-corrected chi connectivity index (χ4v) is 3.17. The summed E-state index contributed by atoms with van der Waals surface area (Å²) in [5.41, 5.74) is -0.783. The number of rotatable bonds is 7. The molecule has 1 fully saturated rings. The Labute approximate surface area is 123 Å². The van der Waals surface area contributed by atoms with Crippen LogP contribution in [0.3, 0.4) is 0 Å². The first-order valence-electron chi connectivity index (χ1n) is 7.86. The van der Waals surface area contributed by atoms with Gasteiger partial charge in [-0.05, 0) is 25.7 Å². The van der Waals surface area contributed by atoms with Gasteiger partial charge in [0.05, 0.1) is 12.7 Å². The number of hydrogen-bond donors (Lipinski definition) is 0. The molecule has 0 aromatic carbocycles. The Morgan fingerprint density at radius 3 is 2.35 bits per heavy atom. The third-order valence-corrected chi connectivity index (χ3v) is 4.51. The van der Waals surface area contributed by atoms with Crippen LogP contribution in [-0.4, -0.2) is 37.1 Å². The predicted molar refractivity (Wildman–Crippen MR) is 79.1 cm³/mol. The quantitative estimate of drug-likeness (QED) is 0.720. The van der Waals surface area contributed by atoms with E-state index in [4.69, 9.17) is 4.74 Å². The molecule has 0 aromatic rings. The lowest BCUT2D eigenvalue weighted by Gasteiger charge is -2.38. The summed E-state index contributed by atoms with van der Waals surface area (Å²) in [6.45, 7) is 5.32. The summed E-state index contributed by atoms with van der Waals surface area (Å²) in [6.07, 6.45) is 6.39. The lowest BCUT2D eigenvalue weighted by Crippen LogP contribution is -2.50. The molecule has 1 amide bonds. The molecule has 20 heavy (non-hydrogen) atoms. The van der Waals surface area contributed by atoms with E-state index in [2.05, 4.69) is 19.9 Å². The highest BCUT2D eigenvalue weighted by Crippen LogP contribution is 2.38. The van der Waals surface area contributed by atoms with E-state index < -0.39 is 5.41 Å². The Kier molecular flexibility index (Phi) is 7.01. The first-order valence-corrected chi connectivity index (χ1v) is 7.86. The maximum absolute atomic E-state index is 13.0. The van der Waals surface area contributed by atoms with E-state index in [-0.39, 0.29) is 11.9 Å². The molecule has 0 radical (unpaired) electrons. The van der Waals surface area contributed by atoms with Crippen LogP contribution in [-0.2, 0) is 9.53 Å². The zero-order valence-corrected chi connectivity index (χ0v) is 13.2. The van der Waals surface area contributed by atoms with Gasteiger partial charge in [0.2, 0.25) is 5.91 Å². The summed E-state index contributed by atoms with van der Waals surface area (Å²) < 4.78 is 5.14. The van der Waals surface area contributed by atoms with Crippen molar-refractivity contribution < 1.29 is 9.53 Å². The van der Waals surface area contributed by atoms with E-state index in [1.54, 1.807) is 7.11 Å². The van der Waals surface area contributed by atoms with Crippen molar-refractivity contribution in [3.05, 3.63) is 0 Å². The van der Waals surface area contributed by atoms with Crippen molar-refractivity contribution in [1.29, 1.82) is 5.26 Å². The number of carbonyl (C=O) groups is 1. The van der Waals surface area contributed by atoms with Crippen LogP contribution in [0.2, 0.25) is 0 Å². The van der Waals surface area contributed by atoms with Gasteiger partial charge in [0, 0.05) is 19.7 Å². The average molecular weight is 280 g/mol. The zero-order chi connectivity index (χ0) is 15.0. The summed E-state index contributed by atoms with van der Waals surface area (Å²) in [5.74, 6) is 0.0328. The molecule has 0 N–H and O–H groups in total. The predicted octanol–water partition coefficient (Wildman–Crippen LogP) is 3.12. The van der Waals surface area contributed by atoms with Crippen molar-refractivity contribution in [2.75, 3.05) is 20.3 Å². The van der Waals surface area contributed by atoms with Crippen LogP contribution in [0.4, 0.5) is 0 Å². The fraction of sp³-hybridized carbons (Fsp3) is 0.875. The molecular weight excluding hydrogens is 252 g/mol. The van der Waals surface area contributed by atoms with Gasteiger partial charge in [0.25, 0.3) is 0 Å². The number of methoxy groups -OCH3 is 1. The monoisotopic (exact) mass is 280 g/mol. The van der Waals surface area contributed by atoms with Crippen molar-refractivity contribution in [3.8, 4) is 6.07 Å². The summed E-state index contributed by atoms with van der Waals surface area (Å²) in [4.78, 5) is 14.9. The average Bonchev–Trinajstić information content (AvgIpc) is 2.51. The van der Waals surface area contributed by atoms with Gasteiger partial charge in [-0.25, -0.2) is 0 Å². The van der Waals surface area contributed by atoms with Crippen molar-refractivity contribution in [2.45, 2.75) is 64.8 Å². The van der Waals surface area contributed by atoms with Crippen LogP contribution in [0.25, 0.3) is 0 Å². The Hall–Kier alpha value is -1.08. The molecule has 4 heteroatoms. The fourth-order valence-electron chi connectivity index (χ4n) is 3.17. The number of ether oxygens (including phenoxy) is 1. The van der Waals surface area contributed by atoms with E-state index in [0.29, 0.717) is 26.0 Å². The third-order valence-electron chi connectivity index (χ3n) is 4.51. The Morgan fingerprint density at radius 1 is 1.30 bits per heavy atom. The highest BCUT2D eigenvalue weighted by Gasteiger charge is 2.43. The molecule has 1 rings (SSSR count). The molecule has 4 nitrogen and oxygen atoms in total. The van der Waals surface area contributed by atoms with E-state index in [0.717, 1.165) is 32.1 Å². The van der Waals surface area contributed by atoms with Gasteiger partial charge in [0.15, 0.2) is 0 Å². The standard InChI is InChI=1S/C16H28N2O2/c1-4-14(5-2)18(11-12-20-3)15(19)16(13-17)9-7-6-8-10-16/h14H,4-12H2,1-3H3. The smallest absolute Gasteiger partial charge is 0.243 e. The lowest BCUT2D eigenvalue weighted by atomic mass is 9.74.